The number of hydrogen-bond donors (Lipinski definition) is 1. The van der Waals surface area contributed by atoms with Gasteiger partial charge in [0.05, 0.1) is 25.3 Å². The largest absolute Gasteiger partial charge is 0.495 e. The Labute approximate surface area is 176 Å². The molecule has 0 saturated carbocycles. The van der Waals surface area contributed by atoms with Crippen LogP contribution in [-0.4, -0.2) is 41.1 Å². The highest BCUT2D eigenvalue weighted by Crippen LogP contribution is 2.26. The summed E-state index contributed by atoms with van der Waals surface area (Å²) in [6, 6.07) is 15.5. The second kappa shape index (κ2) is 9.09. The Kier molecular flexibility index (Phi) is 6.09. The molecule has 0 radical (unpaired) electrons. The topological polar surface area (TPSA) is 80.5 Å². The van der Waals surface area contributed by atoms with Crippen molar-refractivity contribution in [1.82, 2.24) is 15.0 Å². The summed E-state index contributed by atoms with van der Waals surface area (Å²) in [4.78, 5) is 19.5. The molecule has 1 aromatic heterocycles. The number of amides is 1. The Balaban J connectivity index is 1.38. The fourth-order valence-corrected chi connectivity index (χ4v) is 3.81. The van der Waals surface area contributed by atoms with E-state index in [4.69, 9.17) is 9.26 Å². The third-order valence-electron chi connectivity index (χ3n) is 5.34. The summed E-state index contributed by atoms with van der Waals surface area (Å²) < 4.78 is 10.8. The van der Waals surface area contributed by atoms with Crippen LogP contribution in [0, 0.1) is 12.8 Å². The average molecular weight is 406 g/mol. The van der Waals surface area contributed by atoms with E-state index in [0.29, 0.717) is 36.2 Å². The van der Waals surface area contributed by atoms with E-state index in [9.17, 15) is 4.79 Å². The number of benzene rings is 2. The summed E-state index contributed by atoms with van der Waals surface area (Å²) in [5.74, 6) is 1.74. The summed E-state index contributed by atoms with van der Waals surface area (Å²) in [7, 11) is 1.60. The molecule has 1 amide bonds. The van der Waals surface area contributed by atoms with Crippen molar-refractivity contribution in [2.24, 2.45) is 5.92 Å². The van der Waals surface area contributed by atoms with Crippen LogP contribution in [0.5, 0.6) is 5.75 Å². The van der Waals surface area contributed by atoms with Crippen LogP contribution in [0.3, 0.4) is 0 Å². The molecule has 1 saturated heterocycles. The molecule has 7 nitrogen and oxygen atoms in total. The highest BCUT2D eigenvalue weighted by Gasteiger charge is 2.27. The zero-order chi connectivity index (χ0) is 20.9. The van der Waals surface area contributed by atoms with Crippen molar-refractivity contribution in [2.45, 2.75) is 26.3 Å². The Morgan fingerprint density at radius 1 is 1.27 bits per heavy atom. The fourth-order valence-electron chi connectivity index (χ4n) is 3.81. The molecule has 0 spiro atoms. The number of hydrogen-bond acceptors (Lipinski definition) is 6. The molecule has 1 unspecified atom stereocenters. The number of aryl methyl sites for hydroxylation is 1. The number of carbonyl (C=O) groups excluding carboxylic acids is 1. The second-order valence-electron chi connectivity index (χ2n) is 7.65. The van der Waals surface area contributed by atoms with Gasteiger partial charge in [-0.05, 0) is 44.5 Å². The highest BCUT2D eigenvalue weighted by atomic mass is 16.5. The van der Waals surface area contributed by atoms with Crippen molar-refractivity contribution in [3.63, 3.8) is 0 Å². The Morgan fingerprint density at radius 2 is 2.13 bits per heavy atom. The van der Waals surface area contributed by atoms with Crippen molar-refractivity contribution >= 4 is 11.6 Å². The normalized spacial score (nSPS) is 16.9. The van der Waals surface area contributed by atoms with Gasteiger partial charge in [0.2, 0.25) is 17.6 Å². The summed E-state index contributed by atoms with van der Waals surface area (Å²) in [5, 5.41) is 7.12. The van der Waals surface area contributed by atoms with Gasteiger partial charge in [0.15, 0.2) is 0 Å². The minimum atomic E-state index is -0.0946. The van der Waals surface area contributed by atoms with Crippen LogP contribution in [0.1, 0.15) is 24.3 Å². The number of methoxy groups -OCH3 is 1. The smallest absolute Gasteiger partial charge is 0.241 e. The van der Waals surface area contributed by atoms with E-state index < -0.39 is 0 Å². The number of likely N-dealkylation sites (tertiary alicyclic amines) is 1. The van der Waals surface area contributed by atoms with Gasteiger partial charge in [0.25, 0.3) is 0 Å². The number of aromatic nitrogens is 2. The van der Waals surface area contributed by atoms with Gasteiger partial charge in [-0.25, -0.2) is 0 Å². The quantitative estimate of drug-likeness (QED) is 0.669. The number of anilines is 1. The van der Waals surface area contributed by atoms with E-state index >= 15 is 0 Å². The third-order valence-corrected chi connectivity index (χ3v) is 5.34. The zero-order valence-corrected chi connectivity index (χ0v) is 17.3. The first-order valence-electron chi connectivity index (χ1n) is 10.2. The van der Waals surface area contributed by atoms with Gasteiger partial charge in [0.1, 0.15) is 5.75 Å². The molecular weight excluding hydrogens is 380 g/mol. The molecule has 1 aliphatic rings. The maximum absolute atomic E-state index is 12.8. The van der Waals surface area contributed by atoms with Crippen molar-refractivity contribution in [3.05, 3.63) is 60.0 Å². The maximum Gasteiger partial charge on any atom is 0.241 e. The van der Waals surface area contributed by atoms with Crippen LogP contribution >= 0.6 is 0 Å². The molecule has 1 fully saturated rings. The second-order valence-corrected chi connectivity index (χ2v) is 7.65. The number of para-hydroxylation sites is 2. The van der Waals surface area contributed by atoms with Crippen molar-refractivity contribution in [3.8, 4) is 17.1 Å². The zero-order valence-electron chi connectivity index (χ0n) is 17.3. The van der Waals surface area contributed by atoms with E-state index in [1.165, 1.54) is 0 Å². The molecule has 2 aromatic carbocycles. The van der Waals surface area contributed by atoms with Gasteiger partial charge in [0, 0.05) is 12.1 Å². The highest BCUT2D eigenvalue weighted by molar-refractivity contribution is 5.94. The number of nitrogens with one attached hydrogen (secondary N) is 1. The van der Waals surface area contributed by atoms with Crippen LogP contribution < -0.4 is 10.1 Å². The number of piperidine rings is 1. The minimum absolute atomic E-state index is 0.00942. The number of ether oxygens (including phenoxy) is 1. The molecule has 156 valence electrons. The van der Waals surface area contributed by atoms with Gasteiger partial charge in [-0.1, -0.05) is 41.1 Å². The van der Waals surface area contributed by atoms with Crippen molar-refractivity contribution in [1.29, 1.82) is 0 Å². The fraction of sp³-hybridized carbons (Fsp3) is 0.348. The van der Waals surface area contributed by atoms with Crippen LogP contribution in [0.4, 0.5) is 5.69 Å². The van der Waals surface area contributed by atoms with E-state index in [1.807, 2.05) is 55.5 Å². The lowest BCUT2D eigenvalue weighted by Crippen LogP contribution is -2.40. The van der Waals surface area contributed by atoms with Crippen LogP contribution in [-0.2, 0) is 11.3 Å². The Bertz CT molecular complexity index is 1020. The first-order valence-corrected chi connectivity index (χ1v) is 10.2. The first kappa shape index (κ1) is 20.1. The van der Waals surface area contributed by atoms with Gasteiger partial charge < -0.3 is 14.6 Å². The summed E-state index contributed by atoms with van der Waals surface area (Å²) in [6.45, 7) is 4.13. The van der Waals surface area contributed by atoms with Gasteiger partial charge in [-0.2, -0.15) is 4.98 Å². The molecule has 3 aromatic rings. The minimum Gasteiger partial charge on any atom is -0.495 e. The Hall–Kier alpha value is -3.19. The number of carbonyl (C=O) groups is 1. The van der Waals surface area contributed by atoms with Crippen LogP contribution in [0.2, 0.25) is 0 Å². The van der Waals surface area contributed by atoms with Gasteiger partial charge in [-0.15, -0.1) is 0 Å². The summed E-state index contributed by atoms with van der Waals surface area (Å²) in [6.07, 6.45) is 1.80. The van der Waals surface area contributed by atoms with E-state index in [1.54, 1.807) is 7.11 Å². The molecular formula is C23H26N4O3. The lowest BCUT2D eigenvalue weighted by atomic mass is 9.97. The SMILES string of the molecule is COc1ccccc1NC(=O)C1CCCN(Cc2nc(-c3cccc(C)c3)no2)C1. The van der Waals surface area contributed by atoms with Crippen molar-refractivity contribution in [2.75, 3.05) is 25.5 Å². The lowest BCUT2D eigenvalue weighted by molar-refractivity contribution is -0.121. The molecule has 2 heterocycles. The molecule has 30 heavy (non-hydrogen) atoms. The average Bonchev–Trinajstić information content (AvgIpc) is 3.23. The lowest BCUT2D eigenvalue weighted by Gasteiger charge is -2.31. The monoisotopic (exact) mass is 406 g/mol. The Morgan fingerprint density at radius 3 is 2.97 bits per heavy atom. The maximum atomic E-state index is 12.8. The standard InChI is InChI=1S/C23H26N4O3/c1-16-7-5-8-17(13-16)22-25-21(30-26-22)15-27-12-6-9-18(14-27)23(28)24-19-10-3-4-11-20(19)29-2/h3-5,7-8,10-11,13,18H,6,9,12,14-15H2,1-2H3,(H,24,28). The molecule has 1 N–H and O–H groups in total. The summed E-state index contributed by atoms with van der Waals surface area (Å²) in [5.41, 5.74) is 2.79. The first-order chi connectivity index (χ1) is 14.6. The van der Waals surface area contributed by atoms with Crippen LogP contribution in [0.15, 0.2) is 53.1 Å². The third kappa shape index (κ3) is 4.68. The van der Waals surface area contributed by atoms with E-state index in [-0.39, 0.29) is 11.8 Å². The van der Waals surface area contributed by atoms with Gasteiger partial charge in [-0.3, -0.25) is 9.69 Å². The van der Waals surface area contributed by atoms with E-state index in [0.717, 1.165) is 30.5 Å². The van der Waals surface area contributed by atoms with Crippen molar-refractivity contribution < 1.29 is 14.1 Å². The predicted molar refractivity (Wildman–Crippen MR) is 114 cm³/mol. The van der Waals surface area contributed by atoms with E-state index in [2.05, 4.69) is 20.4 Å². The number of nitrogens with zero attached hydrogens (tertiary/aromatic N) is 3. The molecule has 7 heteroatoms. The predicted octanol–water partition coefficient (Wildman–Crippen LogP) is 3.90. The molecule has 0 aliphatic carbocycles. The van der Waals surface area contributed by atoms with Crippen LogP contribution in [0.25, 0.3) is 11.4 Å². The molecule has 0 bridgehead atoms. The van der Waals surface area contributed by atoms with Gasteiger partial charge >= 0.3 is 0 Å². The molecule has 1 atom stereocenters. The number of rotatable bonds is 6. The molecule has 4 rings (SSSR count). The molecule has 1 aliphatic heterocycles. The summed E-state index contributed by atoms with van der Waals surface area (Å²) >= 11 is 0.